The number of hydrogen-bond donors (Lipinski definition) is 1. The minimum absolute atomic E-state index is 0.320. The van der Waals surface area contributed by atoms with E-state index in [1.807, 2.05) is 12.1 Å². The molecule has 0 radical (unpaired) electrons. The van der Waals surface area contributed by atoms with Crippen LogP contribution in [0, 0.1) is 17.3 Å². The zero-order chi connectivity index (χ0) is 12.8. The molecular weight excluding hydrogens is 265 g/mol. The molecule has 1 aromatic carbocycles. The van der Waals surface area contributed by atoms with Gasteiger partial charge in [-0.05, 0) is 67.2 Å². The maximum Gasteiger partial charge on any atom is 0.0595 e. The second-order valence-electron chi connectivity index (χ2n) is 6.07. The fourth-order valence-corrected chi connectivity index (χ4v) is 4.47. The molecule has 0 aromatic heterocycles. The van der Waals surface area contributed by atoms with Gasteiger partial charge < -0.3 is 5.73 Å². The van der Waals surface area contributed by atoms with Crippen molar-refractivity contribution in [3.8, 4) is 0 Å². The Morgan fingerprint density at radius 2 is 2.06 bits per heavy atom. The first-order valence-corrected chi connectivity index (χ1v) is 7.52. The molecule has 0 heterocycles. The van der Waals surface area contributed by atoms with Gasteiger partial charge in [-0.1, -0.05) is 35.7 Å². The second-order valence-corrected chi connectivity index (χ2v) is 6.89. The first-order chi connectivity index (χ1) is 8.63. The van der Waals surface area contributed by atoms with Gasteiger partial charge in [0.05, 0.1) is 10.0 Å². The molecule has 3 atom stereocenters. The van der Waals surface area contributed by atoms with Crippen molar-refractivity contribution in [3.63, 3.8) is 0 Å². The van der Waals surface area contributed by atoms with Crippen molar-refractivity contribution < 1.29 is 0 Å². The number of rotatable bonds is 3. The highest BCUT2D eigenvalue weighted by Crippen LogP contribution is 2.56. The molecule has 0 spiro atoms. The van der Waals surface area contributed by atoms with Crippen molar-refractivity contribution >= 4 is 23.2 Å². The highest BCUT2D eigenvalue weighted by Gasteiger charge is 2.49. The van der Waals surface area contributed by atoms with Crippen molar-refractivity contribution in [3.05, 3.63) is 33.8 Å². The second kappa shape index (κ2) is 4.70. The van der Waals surface area contributed by atoms with E-state index in [-0.39, 0.29) is 0 Å². The Morgan fingerprint density at radius 1 is 1.22 bits per heavy atom. The van der Waals surface area contributed by atoms with Crippen LogP contribution in [0.5, 0.6) is 0 Å². The fraction of sp³-hybridized carbons (Fsp3) is 0.600. The maximum atomic E-state index is 6.11. The van der Waals surface area contributed by atoms with E-state index in [1.54, 1.807) is 0 Å². The lowest BCUT2D eigenvalue weighted by molar-refractivity contribution is 0.171. The van der Waals surface area contributed by atoms with Crippen LogP contribution in [-0.2, 0) is 6.42 Å². The largest absolute Gasteiger partial charge is 0.330 e. The normalized spacial score (nSPS) is 34.2. The molecular formula is C15H19Cl2N. The van der Waals surface area contributed by atoms with Gasteiger partial charge in [0.2, 0.25) is 0 Å². The Morgan fingerprint density at radius 3 is 2.61 bits per heavy atom. The first-order valence-electron chi connectivity index (χ1n) is 6.77. The van der Waals surface area contributed by atoms with Gasteiger partial charge in [-0.25, -0.2) is 0 Å². The number of nitrogens with two attached hydrogens (primary N) is 1. The summed E-state index contributed by atoms with van der Waals surface area (Å²) in [7, 11) is 0. The lowest BCUT2D eigenvalue weighted by atomic mass is 9.69. The highest BCUT2D eigenvalue weighted by molar-refractivity contribution is 6.42. The summed E-state index contributed by atoms with van der Waals surface area (Å²) in [5, 5.41) is 1.29. The number of benzene rings is 1. The monoisotopic (exact) mass is 283 g/mol. The summed E-state index contributed by atoms with van der Waals surface area (Å²) >= 11 is 12.1. The quantitative estimate of drug-likeness (QED) is 0.879. The zero-order valence-electron chi connectivity index (χ0n) is 10.5. The Kier molecular flexibility index (Phi) is 3.34. The molecule has 2 fully saturated rings. The highest BCUT2D eigenvalue weighted by atomic mass is 35.5. The predicted octanol–water partition coefficient (Wildman–Crippen LogP) is 4.30. The summed E-state index contributed by atoms with van der Waals surface area (Å²) in [5.74, 6) is 1.74. The molecule has 2 aliphatic rings. The lowest BCUT2D eigenvalue weighted by Crippen LogP contribution is -2.37. The molecule has 1 nitrogen and oxygen atoms in total. The minimum Gasteiger partial charge on any atom is -0.330 e. The van der Waals surface area contributed by atoms with E-state index in [1.165, 1.54) is 31.2 Å². The van der Waals surface area contributed by atoms with Crippen LogP contribution in [0.3, 0.4) is 0 Å². The smallest absolute Gasteiger partial charge is 0.0595 e. The minimum atomic E-state index is 0.320. The Balaban J connectivity index is 1.84. The summed E-state index contributed by atoms with van der Waals surface area (Å²) in [6, 6.07) is 6.00. The van der Waals surface area contributed by atoms with Crippen LogP contribution in [0.1, 0.15) is 31.2 Å². The molecule has 3 heteroatoms. The van der Waals surface area contributed by atoms with Crippen molar-refractivity contribution in [2.75, 3.05) is 6.54 Å². The molecule has 98 valence electrons. The van der Waals surface area contributed by atoms with Crippen molar-refractivity contribution in [2.24, 2.45) is 23.0 Å². The van der Waals surface area contributed by atoms with Gasteiger partial charge in [0.15, 0.2) is 0 Å². The van der Waals surface area contributed by atoms with E-state index >= 15 is 0 Å². The van der Waals surface area contributed by atoms with E-state index in [9.17, 15) is 0 Å². The number of hydrogen-bond acceptors (Lipinski definition) is 1. The standard InChI is InChI=1S/C15H19Cl2N/c16-13-4-2-11(6-14(13)17)8-15(9-18)7-10-1-3-12(15)5-10/h2,4,6,10,12H,1,3,5,7-9,18H2. The van der Waals surface area contributed by atoms with Crippen molar-refractivity contribution in [1.82, 2.24) is 0 Å². The average Bonchev–Trinajstić information content (AvgIpc) is 2.94. The van der Waals surface area contributed by atoms with Crippen molar-refractivity contribution in [1.29, 1.82) is 0 Å². The third-order valence-electron chi connectivity index (χ3n) is 5.05. The molecule has 2 N–H and O–H groups in total. The van der Waals surface area contributed by atoms with Crippen molar-refractivity contribution in [2.45, 2.75) is 32.1 Å². The fourth-order valence-electron chi connectivity index (χ4n) is 4.15. The van der Waals surface area contributed by atoms with Crippen LogP contribution in [0.25, 0.3) is 0 Å². The molecule has 0 amide bonds. The average molecular weight is 284 g/mol. The number of halogens is 2. The summed E-state index contributed by atoms with van der Waals surface area (Å²) in [4.78, 5) is 0. The van der Waals surface area contributed by atoms with Gasteiger partial charge in [-0.15, -0.1) is 0 Å². The zero-order valence-corrected chi connectivity index (χ0v) is 12.0. The van der Waals surface area contributed by atoms with Crippen LogP contribution in [-0.4, -0.2) is 6.54 Å². The van der Waals surface area contributed by atoms with E-state index in [0.717, 1.165) is 24.8 Å². The molecule has 18 heavy (non-hydrogen) atoms. The molecule has 2 bridgehead atoms. The van der Waals surface area contributed by atoms with Crippen LogP contribution in [0.4, 0.5) is 0 Å². The summed E-state index contributed by atoms with van der Waals surface area (Å²) < 4.78 is 0. The van der Waals surface area contributed by atoms with Gasteiger partial charge in [0.1, 0.15) is 0 Å². The van der Waals surface area contributed by atoms with Crippen LogP contribution < -0.4 is 5.73 Å². The summed E-state index contributed by atoms with van der Waals surface area (Å²) in [5.41, 5.74) is 7.71. The van der Waals surface area contributed by atoms with Gasteiger partial charge in [-0.3, -0.25) is 0 Å². The van der Waals surface area contributed by atoms with E-state index in [0.29, 0.717) is 15.5 Å². The molecule has 3 unspecified atom stereocenters. The SMILES string of the molecule is NCC1(Cc2ccc(Cl)c(Cl)c2)CC2CCC1C2. The molecule has 3 rings (SSSR count). The summed E-state index contributed by atoms with van der Waals surface area (Å²) in [6.45, 7) is 0.800. The van der Waals surface area contributed by atoms with E-state index in [2.05, 4.69) is 6.07 Å². The van der Waals surface area contributed by atoms with Gasteiger partial charge in [0.25, 0.3) is 0 Å². The maximum absolute atomic E-state index is 6.11. The van der Waals surface area contributed by atoms with Gasteiger partial charge in [0, 0.05) is 0 Å². The van der Waals surface area contributed by atoms with Crippen LogP contribution in [0.2, 0.25) is 10.0 Å². The molecule has 1 aromatic rings. The topological polar surface area (TPSA) is 26.0 Å². The molecule has 2 saturated carbocycles. The third kappa shape index (κ3) is 2.07. The van der Waals surface area contributed by atoms with E-state index < -0.39 is 0 Å². The predicted molar refractivity (Wildman–Crippen MR) is 77.1 cm³/mol. The Bertz CT molecular complexity index is 460. The molecule has 2 aliphatic carbocycles. The Labute approximate surface area is 119 Å². The Hall–Kier alpha value is -0.240. The molecule has 0 aliphatic heterocycles. The lowest BCUT2D eigenvalue weighted by Gasteiger charge is -2.37. The number of fused-ring (bicyclic) bond motifs is 2. The first kappa shape index (κ1) is 12.8. The third-order valence-corrected chi connectivity index (χ3v) is 5.79. The summed E-state index contributed by atoms with van der Waals surface area (Å²) in [6.07, 6.45) is 6.52. The van der Waals surface area contributed by atoms with Gasteiger partial charge in [-0.2, -0.15) is 0 Å². The van der Waals surface area contributed by atoms with Crippen LogP contribution >= 0.6 is 23.2 Å². The van der Waals surface area contributed by atoms with E-state index in [4.69, 9.17) is 28.9 Å². The van der Waals surface area contributed by atoms with Gasteiger partial charge >= 0.3 is 0 Å². The molecule has 0 saturated heterocycles. The van der Waals surface area contributed by atoms with Crippen LogP contribution in [0.15, 0.2) is 18.2 Å².